The fourth-order valence-electron chi connectivity index (χ4n) is 2.50. The van der Waals surface area contributed by atoms with Crippen LogP contribution in [0.1, 0.15) is 12.0 Å². The summed E-state index contributed by atoms with van der Waals surface area (Å²) in [6.07, 6.45) is 0.451. The van der Waals surface area contributed by atoms with Gasteiger partial charge < -0.3 is 14.7 Å². The predicted molar refractivity (Wildman–Crippen MR) is 68.3 cm³/mol. The van der Waals surface area contributed by atoms with Crippen molar-refractivity contribution >= 4 is 17.6 Å². The number of carbonyl (C=O) groups is 2. The third-order valence-electron chi connectivity index (χ3n) is 3.67. The lowest BCUT2D eigenvalue weighted by Crippen LogP contribution is -2.39. The minimum Gasteiger partial charge on any atom is -0.490 e. The van der Waals surface area contributed by atoms with E-state index in [0.29, 0.717) is 25.3 Å². The molecule has 2 aliphatic rings. The monoisotopic (exact) mass is 261 g/mol. The lowest BCUT2D eigenvalue weighted by molar-refractivity contribution is -0.140. The molecule has 0 aromatic heterocycles. The topological polar surface area (TPSA) is 66.8 Å². The Bertz CT molecular complexity index is 554. The number of amides is 1. The van der Waals surface area contributed by atoms with Crippen LogP contribution < -0.4 is 9.64 Å². The molecular formula is C14H15NO4. The average Bonchev–Trinajstić information content (AvgIpc) is 3.17. The fraction of sp³-hybridized carbons (Fsp3) is 0.429. The van der Waals surface area contributed by atoms with Crippen molar-refractivity contribution in [3.05, 3.63) is 23.8 Å². The molecule has 0 spiro atoms. The van der Waals surface area contributed by atoms with Gasteiger partial charge in [0.15, 0.2) is 0 Å². The Morgan fingerprint density at radius 3 is 2.84 bits per heavy atom. The Morgan fingerprint density at radius 2 is 2.16 bits per heavy atom. The zero-order valence-corrected chi connectivity index (χ0v) is 10.6. The molecule has 1 amide bonds. The second kappa shape index (κ2) is 4.26. The molecule has 5 nitrogen and oxygen atoms in total. The molecule has 0 radical (unpaired) electrons. The first-order chi connectivity index (χ1) is 9.08. The van der Waals surface area contributed by atoms with Crippen LogP contribution in [0.2, 0.25) is 0 Å². The maximum absolute atomic E-state index is 12.3. The van der Waals surface area contributed by atoms with Crippen molar-refractivity contribution in [3.63, 3.8) is 0 Å². The Labute approximate surface area is 110 Å². The Balaban J connectivity index is 1.84. The highest BCUT2D eigenvalue weighted by Gasteiger charge is 2.50. The summed E-state index contributed by atoms with van der Waals surface area (Å²) in [5.74, 6) is -1.15. The highest BCUT2D eigenvalue weighted by Crippen LogP contribution is 2.42. The van der Waals surface area contributed by atoms with Crippen molar-refractivity contribution in [1.29, 1.82) is 0 Å². The van der Waals surface area contributed by atoms with Crippen LogP contribution in [0.4, 0.5) is 5.69 Å². The number of carboxylic acid groups (broad SMARTS) is 1. The fourth-order valence-corrected chi connectivity index (χ4v) is 2.50. The number of carboxylic acids is 1. The largest absolute Gasteiger partial charge is 0.490 e. The second-order valence-electron chi connectivity index (χ2n) is 5.10. The van der Waals surface area contributed by atoms with Crippen LogP contribution in [0.15, 0.2) is 18.2 Å². The first-order valence-corrected chi connectivity index (χ1v) is 6.35. The molecule has 5 heteroatoms. The molecule has 0 bridgehead atoms. The van der Waals surface area contributed by atoms with Crippen molar-refractivity contribution in [2.24, 2.45) is 11.8 Å². The van der Waals surface area contributed by atoms with Crippen LogP contribution >= 0.6 is 0 Å². The molecule has 1 N–H and O–H groups in total. The maximum atomic E-state index is 12.3. The summed E-state index contributed by atoms with van der Waals surface area (Å²) in [6, 6.07) is 5.69. The summed E-state index contributed by atoms with van der Waals surface area (Å²) in [5, 5.41) is 8.91. The minimum atomic E-state index is -0.879. The van der Waals surface area contributed by atoms with E-state index in [9.17, 15) is 9.59 Å². The van der Waals surface area contributed by atoms with E-state index in [4.69, 9.17) is 9.84 Å². The van der Waals surface area contributed by atoms with Crippen molar-refractivity contribution in [3.8, 4) is 5.75 Å². The highest BCUT2D eigenvalue weighted by atomic mass is 16.5. The van der Waals surface area contributed by atoms with Gasteiger partial charge in [0, 0.05) is 0 Å². The van der Waals surface area contributed by atoms with Crippen molar-refractivity contribution in [2.75, 3.05) is 18.1 Å². The van der Waals surface area contributed by atoms with E-state index in [0.717, 1.165) is 11.3 Å². The number of nitrogens with zero attached hydrogens (tertiary/aromatic N) is 1. The first kappa shape index (κ1) is 12.0. The van der Waals surface area contributed by atoms with E-state index in [1.807, 2.05) is 25.1 Å². The van der Waals surface area contributed by atoms with Gasteiger partial charge in [-0.15, -0.1) is 0 Å². The average molecular weight is 261 g/mol. The first-order valence-electron chi connectivity index (χ1n) is 6.35. The van der Waals surface area contributed by atoms with Crippen LogP contribution in [0, 0.1) is 18.8 Å². The van der Waals surface area contributed by atoms with E-state index >= 15 is 0 Å². The molecular weight excluding hydrogens is 246 g/mol. The lowest BCUT2D eigenvalue weighted by Gasteiger charge is -2.30. The minimum absolute atomic E-state index is 0.0965. The normalized spacial score (nSPS) is 24.4. The summed E-state index contributed by atoms with van der Waals surface area (Å²) in [5.41, 5.74) is 1.82. The summed E-state index contributed by atoms with van der Waals surface area (Å²) < 4.78 is 5.55. The summed E-state index contributed by atoms with van der Waals surface area (Å²) in [7, 11) is 0. The van der Waals surface area contributed by atoms with Crippen molar-refractivity contribution in [1.82, 2.24) is 0 Å². The van der Waals surface area contributed by atoms with Gasteiger partial charge in [-0.1, -0.05) is 6.07 Å². The van der Waals surface area contributed by atoms with Gasteiger partial charge in [0.25, 0.3) is 0 Å². The molecule has 3 rings (SSSR count). The molecule has 1 aliphatic heterocycles. The zero-order valence-electron chi connectivity index (χ0n) is 10.6. The maximum Gasteiger partial charge on any atom is 0.307 e. The van der Waals surface area contributed by atoms with Crippen LogP contribution in [0.3, 0.4) is 0 Å². The molecule has 0 saturated heterocycles. The third kappa shape index (κ3) is 2.05. The van der Waals surface area contributed by atoms with Gasteiger partial charge in [-0.25, -0.2) is 0 Å². The Hall–Kier alpha value is -2.04. The molecule has 1 aromatic carbocycles. The predicted octanol–water partition coefficient (Wildman–Crippen LogP) is 1.44. The van der Waals surface area contributed by atoms with E-state index in [1.165, 1.54) is 0 Å². The number of anilines is 1. The number of hydrogen-bond donors (Lipinski definition) is 1. The number of ether oxygens (including phenoxy) is 1. The summed E-state index contributed by atoms with van der Waals surface area (Å²) in [4.78, 5) is 24.8. The molecule has 1 aliphatic carbocycles. The lowest BCUT2D eigenvalue weighted by atomic mass is 10.1. The molecule has 100 valence electrons. The van der Waals surface area contributed by atoms with Crippen LogP contribution in [-0.4, -0.2) is 30.1 Å². The SMILES string of the molecule is Cc1ccc2c(c1)OCCN2C(=O)C1CC1C(=O)O. The van der Waals surface area contributed by atoms with Gasteiger partial charge >= 0.3 is 5.97 Å². The molecule has 1 fully saturated rings. The van der Waals surface area contributed by atoms with Crippen LogP contribution in [-0.2, 0) is 9.59 Å². The molecule has 2 atom stereocenters. The number of hydrogen-bond acceptors (Lipinski definition) is 3. The number of aryl methyl sites for hydroxylation is 1. The van der Waals surface area contributed by atoms with E-state index in [-0.39, 0.29) is 11.8 Å². The molecule has 19 heavy (non-hydrogen) atoms. The van der Waals surface area contributed by atoms with Crippen molar-refractivity contribution in [2.45, 2.75) is 13.3 Å². The van der Waals surface area contributed by atoms with Gasteiger partial charge in [-0.2, -0.15) is 0 Å². The Kier molecular flexibility index (Phi) is 2.69. The van der Waals surface area contributed by atoms with Gasteiger partial charge in [0.2, 0.25) is 5.91 Å². The number of fused-ring (bicyclic) bond motifs is 1. The second-order valence-corrected chi connectivity index (χ2v) is 5.10. The third-order valence-corrected chi connectivity index (χ3v) is 3.67. The smallest absolute Gasteiger partial charge is 0.307 e. The van der Waals surface area contributed by atoms with E-state index in [2.05, 4.69) is 0 Å². The molecule has 2 unspecified atom stereocenters. The molecule has 1 heterocycles. The van der Waals surface area contributed by atoms with Gasteiger partial charge in [0.05, 0.1) is 24.1 Å². The van der Waals surface area contributed by atoms with Crippen LogP contribution in [0.25, 0.3) is 0 Å². The standard InChI is InChI=1S/C14H15NO4/c1-8-2-3-11-12(6-8)19-5-4-15(11)13(16)9-7-10(9)14(17)18/h2-3,6,9-10H,4-5,7H2,1H3,(H,17,18). The number of aliphatic carboxylic acids is 1. The molecule has 1 saturated carbocycles. The van der Waals surface area contributed by atoms with Crippen molar-refractivity contribution < 1.29 is 19.4 Å². The quantitative estimate of drug-likeness (QED) is 0.874. The summed E-state index contributed by atoms with van der Waals surface area (Å²) in [6.45, 7) is 2.90. The number of carbonyl (C=O) groups excluding carboxylic acids is 1. The van der Waals surface area contributed by atoms with Gasteiger partial charge in [-0.05, 0) is 31.0 Å². The Morgan fingerprint density at radius 1 is 1.37 bits per heavy atom. The van der Waals surface area contributed by atoms with Gasteiger partial charge in [0.1, 0.15) is 12.4 Å². The van der Waals surface area contributed by atoms with Crippen LogP contribution in [0.5, 0.6) is 5.75 Å². The number of rotatable bonds is 2. The van der Waals surface area contributed by atoms with E-state index in [1.54, 1.807) is 4.90 Å². The van der Waals surface area contributed by atoms with Gasteiger partial charge in [-0.3, -0.25) is 9.59 Å². The zero-order chi connectivity index (χ0) is 13.6. The highest BCUT2D eigenvalue weighted by molar-refractivity contribution is 6.01. The number of benzene rings is 1. The van der Waals surface area contributed by atoms with E-state index < -0.39 is 11.9 Å². The molecule has 1 aromatic rings. The summed E-state index contributed by atoms with van der Waals surface area (Å²) >= 11 is 0.